The molecule has 1 aromatic rings. The van der Waals surface area contributed by atoms with Crippen molar-refractivity contribution >= 4 is 11.3 Å². The molecular weight excluding hydrogens is 208 g/mol. The topological polar surface area (TPSA) is 34.1 Å². The molecule has 0 fully saturated rings. The highest BCUT2D eigenvalue weighted by molar-refractivity contribution is 7.09. The Morgan fingerprint density at radius 2 is 2.40 bits per heavy atom. The lowest BCUT2D eigenvalue weighted by atomic mass is 10.2. The SMILES string of the molecule is COCC(C)CNCCc1csc(C)n1. The molecule has 0 spiro atoms. The Bertz CT molecular complexity index is 275. The van der Waals surface area contributed by atoms with Gasteiger partial charge in [-0.2, -0.15) is 0 Å². The Morgan fingerprint density at radius 3 is 3.00 bits per heavy atom. The van der Waals surface area contributed by atoms with Crippen LogP contribution in [0, 0.1) is 12.8 Å². The molecule has 1 N–H and O–H groups in total. The van der Waals surface area contributed by atoms with Crippen molar-refractivity contribution in [1.82, 2.24) is 10.3 Å². The monoisotopic (exact) mass is 228 g/mol. The second-order valence-corrected chi connectivity index (χ2v) is 4.93. The van der Waals surface area contributed by atoms with Gasteiger partial charge >= 0.3 is 0 Å². The van der Waals surface area contributed by atoms with Gasteiger partial charge in [0.05, 0.1) is 10.7 Å². The molecule has 0 radical (unpaired) electrons. The third-order valence-corrected chi connectivity index (χ3v) is 2.99. The van der Waals surface area contributed by atoms with Crippen LogP contribution in [0.5, 0.6) is 0 Å². The number of thiazole rings is 1. The van der Waals surface area contributed by atoms with Crippen LogP contribution >= 0.6 is 11.3 Å². The van der Waals surface area contributed by atoms with Crippen LogP contribution < -0.4 is 5.32 Å². The first-order valence-corrected chi connectivity index (χ1v) is 6.21. The average Bonchev–Trinajstić information content (AvgIpc) is 2.60. The number of rotatable bonds is 7. The predicted molar refractivity (Wildman–Crippen MR) is 64.5 cm³/mol. The molecule has 1 aromatic heterocycles. The summed E-state index contributed by atoms with van der Waals surface area (Å²) >= 11 is 1.72. The lowest BCUT2D eigenvalue weighted by Crippen LogP contribution is -2.25. The quantitative estimate of drug-likeness (QED) is 0.723. The molecule has 3 nitrogen and oxygen atoms in total. The van der Waals surface area contributed by atoms with Crippen molar-refractivity contribution in [2.45, 2.75) is 20.3 Å². The van der Waals surface area contributed by atoms with Crippen LogP contribution in [0.25, 0.3) is 0 Å². The van der Waals surface area contributed by atoms with Crippen molar-refractivity contribution in [3.05, 3.63) is 16.1 Å². The molecule has 15 heavy (non-hydrogen) atoms. The number of methoxy groups -OCH3 is 1. The van der Waals surface area contributed by atoms with E-state index in [1.807, 2.05) is 6.92 Å². The van der Waals surface area contributed by atoms with E-state index in [1.54, 1.807) is 18.4 Å². The van der Waals surface area contributed by atoms with E-state index < -0.39 is 0 Å². The molecule has 0 bridgehead atoms. The van der Waals surface area contributed by atoms with Crippen molar-refractivity contribution in [3.63, 3.8) is 0 Å². The molecular formula is C11H20N2OS. The van der Waals surface area contributed by atoms with Gasteiger partial charge in [0.15, 0.2) is 0 Å². The van der Waals surface area contributed by atoms with Crippen molar-refractivity contribution in [2.75, 3.05) is 26.8 Å². The van der Waals surface area contributed by atoms with Crippen LogP contribution in [0.15, 0.2) is 5.38 Å². The highest BCUT2D eigenvalue weighted by atomic mass is 32.1. The Labute approximate surface area is 95.9 Å². The van der Waals surface area contributed by atoms with Gasteiger partial charge in [0.2, 0.25) is 0 Å². The standard InChI is InChI=1S/C11H20N2OS/c1-9(7-14-3)6-12-5-4-11-8-15-10(2)13-11/h8-9,12H,4-7H2,1-3H3. The number of aromatic nitrogens is 1. The maximum absolute atomic E-state index is 5.07. The third kappa shape index (κ3) is 5.25. The molecule has 1 atom stereocenters. The van der Waals surface area contributed by atoms with Crippen LogP contribution in [0.3, 0.4) is 0 Å². The Morgan fingerprint density at radius 1 is 1.60 bits per heavy atom. The number of hydrogen-bond acceptors (Lipinski definition) is 4. The zero-order valence-corrected chi connectivity index (χ0v) is 10.6. The summed E-state index contributed by atoms with van der Waals surface area (Å²) < 4.78 is 5.07. The zero-order chi connectivity index (χ0) is 11.1. The summed E-state index contributed by atoms with van der Waals surface area (Å²) in [6.07, 6.45) is 1.02. The second-order valence-electron chi connectivity index (χ2n) is 3.87. The fourth-order valence-electron chi connectivity index (χ4n) is 1.43. The minimum absolute atomic E-state index is 0.576. The van der Waals surface area contributed by atoms with E-state index in [2.05, 4.69) is 22.6 Å². The van der Waals surface area contributed by atoms with Crippen molar-refractivity contribution in [2.24, 2.45) is 5.92 Å². The molecule has 86 valence electrons. The summed E-state index contributed by atoms with van der Waals surface area (Å²) in [5.41, 5.74) is 1.20. The highest BCUT2D eigenvalue weighted by Gasteiger charge is 2.01. The lowest BCUT2D eigenvalue weighted by molar-refractivity contribution is 0.158. The summed E-state index contributed by atoms with van der Waals surface area (Å²) in [5, 5.41) is 6.70. The van der Waals surface area contributed by atoms with Crippen molar-refractivity contribution in [1.29, 1.82) is 0 Å². The second kappa shape index (κ2) is 6.93. The molecule has 0 saturated carbocycles. The van der Waals surface area contributed by atoms with Crippen LogP contribution in [-0.2, 0) is 11.2 Å². The normalized spacial score (nSPS) is 13.0. The van der Waals surface area contributed by atoms with E-state index in [0.717, 1.165) is 31.1 Å². The Kier molecular flexibility index (Phi) is 5.83. The highest BCUT2D eigenvalue weighted by Crippen LogP contribution is 2.07. The maximum Gasteiger partial charge on any atom is 0.0897 e. The summed E-state index contributed by atoms with van der Waals surface area (Å²) in [5.74, 6) is 0.576. The van der Waals surface area contributed by atoms with Crippen LogP contribution in [0.2, 0.25) is 0 Å². The van der Waals surface area contributed by atoms with Crippen molar-refractivity contribution < 1.29 is 4.74 Å². The molecule has 4 heteroatoms. The lowest BCUT2D eigenvalue weighted by Gasteiger charge is -2.10. The molecule has 1 rings (SSSR count). The first-order chi connectivity index (χ1) is 7.22. The van der Waals surface area contributed by atoms with E-state index in [1.165, 1.54) is 5.69 Å². The van der Waals surface area contributed by atoms with Gasteiger partial charge in [-0.1, -0.05) is 6.92 Å². The third-order valence-electron chi connectivity index (χ3n) is 2.17. The molecule has 0 aromatic carbocycles. The zero-order valence-electron chi connectivity index (χ0n) is 9.75. The smallest absolute Gasteiger partial charge is 0.0897 e. The molecule has 0 aliphatic heterocycles. The van der Waals surface area contributed by atoms with E-state index in [4.69, 9.17) is 4.74 Å². The number of ether oxygens (including phenoxy) is 1. The average molecular weight is 228 g/mol. The largest absolute Gasteiger partial charge is 0.384 e. The minimum atomic E-state index is 0.576. The van der Waals surface area contributed by atoms with E-state index in [-0.39, 0.29) is 0 Å². The summed E-state index contributed by atoms with van der Waals surface area (Å²) in [6.45, 7) is 7.06. The maximum atomic E-state index is 5.07. The van der Waals surface area contributed by atoms with E-state index in [0.29, 0.717) is 5.92 Å². The van der Waals surface area contributed by atoms with Gasteiger partial charge in [-0.05, 0) is 19.4 Å². The van der Waals surface area contributed by atoms with Crippen LogP contribution in [-0.4, -0.2) is 31.8 Å². The Balaban J connectivity index is 2.06. The van der Waals surface area contributed by atoms with Crippen LogP contribution in [0.1, 0.15) is 17.6 Å². The molecule has 0 amide bonds. The van der Waals surface area contributed by atoms with Crippen LogP contribution in [0.4, 0.5) is 0 Å². The fourth-order valence-corrected chi connectivity index (χ4v) is 2.08. The molecule has 1 unspecified atom stereocenters. The molecule has 1 heterocycles. The van der Waals surface area contributed by atoms with Gasteiger partial charge in [-0.25, -0.2) is 4.98 Å². The fraction of sp³-hybridized carbons (Fsp3) is 0.727. The predicted octanol–water partition coefficient (Wildman–Crippen LogP) is 1.87. The summed E-state index contributed by atoms with van der Waals surface area (Å²) in [7, 11) is 1.74. The van der Waals surface area contributed by atoms with E-state index >= 15 is 0 Å². The summed E-state index contributed by atoms with van der Waals surface area (Å²) in [6, 6.07) is 0. The number of nitrogens with zero attached hydrogens (tertiary/aromatic N) is 1. The van der Waals surface area contributed by atoms with Gasteiger partial charge < -0.3 is 10.1 Å². The molecule has 0 saturated heterocycles. The number of nitrogens with one attached hydrogen (secondary N) is 1. The van der Waals surface area contributed by atoms with Gasteiger partial charge in [0.25, 0.3) is 0 Å². The van der Waals surface area contributed by atoms with Gasteiger partial charge in [-0.3, -0.25) is 0 Å². The molecule has 0 aliphatic rings. The first-order valence-electron chi connectivity index (χ1n) is 5.33. The van der Waals surface area contributed by atoms with E-state index in [9.17, 15) is 0 Å². The first kappa shape index (κ1) is 12.6. The number of hydrogen-bond donors (Lipinski definition) is 1. The minimum Gasteiger partial charge on any atom is -0.384 e. The van der Waals surface area contributed by atoms with Crippen molar-refractivity contribution in [3.8, 4) is 0 Å². The van der Waals surface area contributed by atoms with Gasteiger partial charge in [0.1, 0.15) is 0 Å². The Hall–Kier alpha value is -0.450. The number of aryl methyl sites for hydroxylation is 1. The summed E-state index contributed by atoms with van der Waals surface area (Å²) in [4.78, 5) is 4.42. The molecule has 0 aliphatic carbocycles. The van der Waals surface area contributed by atoms with Gasteiger partial charge in [-0.15, -0.1) is 11.3 Å². The van der Waals surface area contributed by atoms with Gasteiger partial charge in [0, 0.05) is 32.1 Å².